The van der Waals surface area contributed by atoms with Crippen molar-refractivity contribution < 1.29 is 14.3 Å². The number of nitrogens with zero attached hydrogens (tertiary/aromatic N) is 2. The highest BCUT2D eigenvalue weighted by atomic mass is 35.5. The number of hydrogen-bond donors (Lipinski definition) is 1. The Labute approximate surface area is 185 Å². The Morgan fingerprint density at radius 2 is 1.90 bits per heavy atom. The molecule has 4 rings (SSSR count). The average molecular weight is 448 g/mol. The fourth-order valence-corrected chi connectivity index (χ4v) is 5.09. The van der Waals surface area contributed by atoms with Crippen LogP contribution >= 0.6 is 22.9 Å². The minimum Gasteiger partial charge on any atom is -0.377 e. The molecule has 2 amide bonds. The summed E-state index contributed by atoms with van der Waals surface area (Å²) >= 11 is 7.17. The minimum absolute atomic E-state index is 0.0200. The number of benzene rings is 1. The number of hydrogen-bond acceptors (Lipinski definition) is 5. The molecule has 2 atom stereocenters. The third kappa shape index (κ3) is 4.54. The predicted molar refractivity (Wildman–Crippen MR) is 119 cm³/mol. The number of fused-ring (bicyclic) bond motifs is 1. The third-order valence-corrected chi connectivity index (χ3v) is 7.18. The number of carbonyl (C=O) groups excluding carboxylic acids is 2. The van der Waals surface area contributed by atoms with Crippen LogP contribution in [0.4, 0.5) is 0 Å². The van der Waals surface area contributed by atoms with E-state index in [-0.39, 0.29) is 24.0 Å². The number of ether oxygens (including phenoxy) is 1. The molecule has 2 unspecified atom stereocenters. The molecular weight excluding hydrogens is 422 g/mol. The van der Waals surface area contributed by atoms with Crippen LogP contribution in [0.5, 0.6) is 0 Å². The molecule has 2 aliphatic heterocycles. The Hall–Kier alpha value is -1.93. The lowest BCUT2D eigenvalue weighted by molar-refractivity contribution is 0.0692. The zero-order valence-electron chi connectivity index (χ0n) is 17.2. The minimum atomic E-state index is -0.262. The lowest BCUT2D eigenvalue weighted by atomic mass is 9.99. The van der Waals surface area contributed by atoms with Crippen LogP contribution in [0.15, 0.2) is 30.3 Å². The predicted octanol–water partition coefficient (Wildman–Crippen LogP) is 2.70. The van der Waals surface area contributed by atoms with Gasteiger partial charge in [-0.1, -0.05) is 17.7 Å². The highest BCUT2D eigenvalue weighted by molar-refractivity contribution is 7.18. The first-order valence-corrected chi connectivity index (χ1v) is 11.3. The number of methoxy groups -OCH3 is 1. The monoisotopic (exact) mass is 447 g/mol. The van der Waals surface area contributed by atoms with E-state index in [0.29, 0.717) is 27.9 Å². The third-order valence-electron chi connectivity index (χ3n) is 5.95. The molecule has 2 aromatic rings. The van der Waals surface area contributed by atoms with Crippen LogP contribution in [0.1, 0.15) is 31.2 Å². The van der Waals surface area contributed by atoms with Crippen molar-refractivity contribution in [2.24, 2.45) is 0 Å². The number of amides is 2. The van der Waals surface area contributed by atoms with Crippen LogP contribution in [-0.4, -0.2) is 74.1 Å². The Morgan fingerprint density at radius 1 is 1.13 bits per heavy atom. The van der Waals surface area contributed by atoms with Crippen LogP contribution in [-0.2, 0) is 17.6 Å². The largest absolute Gasteiger partial charge is 0.377 e. The van der Waals surface area contributed by atoms with Crippen molar-refractivity contribution in [2.45, 2.75) is 25.0 Å². The van der Waals surface area contributed by atoms with Crippen LogP contribution in [0.3, 0.4) is 0 Å². The van der Waals surface area contributed by atoms with Crippen LogP contribution in [0, 0.1) is 0 Å². The molecule has 0 aliphatic carbocycles. The Morgan fingerprint density at radius 3 is 2.60 bits per heavy atom. The zero-order valence-corrected chi connectivity index (χ0v) is 18.8. The van der Waals surface area contributed by atoms with Crippen LogP contribution < -0.4 is 5.32 Å². The first-order chi connectivity index (χ1) is 14.4. The van der Waals surface area contributed by atoms with Gasteiger partial charge in [-0.15, -0.1) is 11.3 Å². The molecule has 0 spiro atoms. The maximum absolute atomic E-state index is 13.2. The second-order valence-corrected chi connectivity index (χ2v) is 9.67. The van der Waals surface area contributed by atoms with Gasteiger partial charge in [-0.3, -0.25) is 9.59 Å². The zero-order chi connectivity index (χ0) is 21.3. The SMILES string of the molecule is COC1CN(C(=O)c2ccc3c(c2)CCN(C)CC3)CC1NC(=O)c1ccc(Cl)s1. The summed E-state index contributed by atoms with van der Waals surface area (Å²) in [6, 6.07) is 9.20. The first kappa shape index (κ1) is 21.3. The first-order valence-electron chi connectivity index (χ1n) is 10.1. The van der Waals surface area contributed by atoms with Crippen molar-refractivity contribution in [3.63, 3.8) is 0 Å². The summed E-state index contributed by atoms with van der Waals surface area (Å²) in [5, 5.41) is 3.00. The van der Waals surface area contributed by atoms with Crippen molar-refractivity contribution >= 4 is 34.8 Å². The van der Waals surface area contributed by atoms with Gasteiger partial charge in [0.1, 0.15) is 0 Å². The molecule has 3 heterocycles. The van der Waals surface area contributed by atoms with E-state index < -0.39 is 0 Å². The summed E-state index contributed by atoms with van der Waals surface area (Å²) < 4.78 is 6.13. The van der Waals surface area contributed by atoms with Crippen molar-refractivity contribution in [1.29, 1.82) is 0 Å². The van der Waals surface area contributed by atoms with Gasteiger partial charge in [-0.25, -0.2) is 0 Å². The lowest BCUT2D eigenvalue weighted by Crippen LogP contribution is -2.43. The normalized spacial score (nSPS) is 21.9. The molecule has 1 aromatic carbocycles. The number of likely N-dealkylation sites (N-methyl/N-ethyl adjacent to an activating group) is 1. The summed E-state index contributed by atoms with van der Waals surface area (Å²) in [7, 11) is 3.74. The second-order valence-electron chi connectivity index (χ2n) is 7.95. The van der Waals surface area contributed by atoms with Crippen LogP contribution in [0.25, 0.3) is 0 Å². The van der Waals surface area contributed by atoms with E-state index in [1.165, 1.54) is 22.5 Å². The van der Waals surface area contributed by atoms with Gasteiger partial charge in [0.25, 0.3) is 11.8 Å². The molecule has 160 valence electrons. The number of rotatable bonds is 4. The number of carbonyl (C=O) groups is 2. The fourth-order valence-electron chi connectivity index (χ4n) is 4.15. The van der Waals surface area contributed by atoms with Gasteiger partial charge in [0.15, 0.2) is 0 Å². The molecule has 6 nitrogen and oxygen atoms in total. The van der Waals surface area contributed by atoms with E-state index in [1.807, 2.05) is 12.1 Å². The summed E-state index contributed by atoms with van der Waals surface area (Å²) in [4.78, 5) is 30.3. The van der Waals surface area contributed by atoms with Gasteiger partial charge in [-0.05, 0) is 55.3 Å². The molecule has 1 aromatic heterocycles. The van der Waals surface area contributed by atoms with Gasteiger partial charge in [0.05, 0.1) is 21.4 Å². The van der Waals surface area contributed by atoms with Crippen molar-refractivity contribution in [3.05, 3.63) is 56.2 Å². The molecule has 1 N–H and O–H groups in total. The standard InChI is InChI=1S/C22H26ClN3O3S/c1-25-9-7-14-3-4-16(11-15(14)8-10-25)22(28)26-12-17(18(13-26)29-2)24-21(27)19-5-6-20(23)30-19/h3-6,11,17-18H,7-10,12-13H2,1-2H3,(H,24,27). The molecule has 1 saturated heterocycles. The molecule has 8 heteroatoms. The second kappa shape index (κ2) is 9.06. The van der Waals surface area contributed by atoms with E-state index in [9.17, 15) is 9.59 Å². The summed E-state index contributed by atoms with van der Waals surface area (Å²) in [5.41, 5.74) is 3.28. The Bertz CT molecular complexity index is 947. The quantitative estimate of drug-likeness (QED) is 0.782. The Kier molecular flexibility index (Phi) is 6.43. The molecule has 0 saturated carbocycles. The topological polar surface area (TPSA) is 61.9 Å². The number of likely N-dealkylation sites (tertiary alicyclic amines) is 1. The highest BCUT2D eigenvalue weighted by Crippen LogP contribution is 2.24. The van der Waals surface area contributed by atoms with Crippen molar-refractivity contribution in [1.82, 2.24) is 15.1 Å². The van der Waals surface area contributed by atoms with Gasteiger partial charge >= 0.3 is 0 Å². The van der Waals surface area contributed by atoms with Crippen molar-refractivity contribution in [2.75, 3.05) is 40.3 Å². The summed E-state index contributed by atoms with van der Waals surface area (Å²) in [5.74, 6) is -0.212. The van der Waals surface area contributed by atoms with Gasteiger partial charge in [0.2, 0.25) is 0 Å². The number of halogens is 1. The van der Waals surface area contributed by atoms with E-state index in [4.69, 9.17) is 16.3 Å². The molecule has 2 aliphatic rings. The molecular formula is C22H26ClN3O3S. The molecule has 0 radical (unpaired) electrons. The maximum Gasteiger partial charge on any atom is 0.261 e. The average Bonchev–Trinajstić information content (AvgIpc) is 3.31. The summed E-state index contributed by atoms with van der Waals surface area (Å²) in [6.07, 6.45) is 1.72. The van der Waals surface area contributed by atoms with Crippen LogP contribution in [0.2, 0.25) is 4.34 Å². The lowest BCUT2D eigenvalue weighted by Gasteiger charge is -2.18. The smallest absolute Gasteiger partial charge is 0.261 e. The van der Waals surface area contributed by atoms with E-state index in [2.05, 4.69) is 23.3 Å². The molecule has 30 heavy (non-hydrogen) atoms. The van der Waals surface area contributed by atoms with E-state index in [1.54, 1.807) is 24.1 Å². The van der Waals surface area contributed by atoms with Gasteiger partial charge < -0.3 is 19.9 Å². The maximum atomic E-state index is 13.2. The number of thiophene rings is 1. The fraction of sp³-hybridized carbons (Fsp3) is 0.455. The van der Waals surface area contributed by atoms with E-state index >= 15 is 0 Å². The summed E-state index contributed by atoms with van der Waals surface area (Å²) in [6.45, 7) is 2.91. The van der Waals surface area contributed by atoms with Gasteiger partial charge in [0, 0.05) is 38.9 Å². The number of nitrogens with one attached hydrogen (secondary N) is 1. The van der Waals surface area contributed by atoms with Crippen molar-refractivity contribution in [3.8, 4) is 0 Å². The Balaban J connectivity index is 1.45. The highest BCUT2D eigenvalue weighted by Gasteiger charge is 2.37. The molecule has 0 bridgehead atoms. The van der Waals surface area contributed by atoms with Gasteiger partial charge in [-0.2, -0.15) is 0 Å². The van der Waals surface area contributed by atoms with E-state index in [0.717, 1.165) is 25.9 Å². The molecule has 1 fully saturated rings.